The minimum atomic E-state index is -2.62. The summed E-state index contributed by atoms with van der Waals surface area (Å²) in [7, 11) is 0. The van der Waals surface area contributed by atoms with Gasteiger partial charge in [-0.2, -0.15) is 5.10 Å². The van der Waals surface area contributed by atoms with Crippen LogP contribution in [0.2, 0.25) is 0 Å². The summed E-state index contributed by atoms with van der Waals surface area (Å²) in [5.74, 6) is -0.581. The van der Waals surface area contributed by atoms with Gasteiger partial charge >= 0.3 is 0 Å². The van der Waals surface area contributed by atoms with Crippen LogP contribution in [-0.4, -0.2) is 40.1 Å². The number of fused-ring (bicyclic) bond motifs is 1. The Hall–Kier alpha value is -2.31. The third-order valence-electron chi connectivity index (χ3n) is 3.66. The molecule has 0 atom stereocenters. The van der Waals surface area contributed by atoms with E-state index < -0.39 is 18.9 Å². The van der Waals surface area contributed by atoms with Crippen LogP contribution in [0.4, 0.5) is 8.78 Å². The first kappa shape index (κ1) is 18.0. The number of carbonyl (C=O) groups excluding carboxylic acids is 1. The number of nitrogens with zero attached hydrogens (tertiary/aromatic N) is 3. The molecule has 0 aliphatic carbocycles. The summed E-state index contributed by atoms with van der Waals surface area (Å²) in [5, 5.41) is 4.93. The van der Waals surface area contributed by atoms with Gasteiger partial charge in [-0.1, -0.05) is 25.1 Å². The van der Waals surface area contributed by atoms with Gasteiger partial charge in [-0.15, -0.1) is 0 Å². The third kappa shape index (κ3) is 3.60. The molecule has 2 aromatic rings. The number of amides is 1. The first-order valence-corrected chi connectivity index (χ1v) is 7.95. The highest BCUT2D eigenvalue weighted by atomic mass is 19.3. The van der Waals surface area contributed by atoms with Crippen LogP contribution >= 0.6 is 0 Å². The van der Waals surface area contributed by atoms with Gasteiger partial charge in [-0.05, 0) is 26.3 Å². The van der Waals surface area contributed by atoms with Gasteiger partial charge in [0.15, 0.2) is 5.69 Å². The second kappa shape index (κ2) is 7.51. The lowest BCUT2D eigenvalue weighted by Crippen LogP contribution is -2.38. The van der Waals surface area contributed by atoms with E-state index in [0.29, 0.717) is 17.2 Å². The standard InChI is InChI=1S/C17H21F2N3O2/c1-4-9-21(10-14(18)19)17(24)15-12-7-5-6-8-13(12)16(23)22(20-15)11(2)3/h5-8,11,14H,4,9-10H2,1-3H3. The van der Waals surface area contributed by atoms with Crippen molar-refractivity contribution in [2.45, 2.75) is 39.7 Å². The SMILES string of the molecule is CCCN(CC(F)F)C(=O)c1nn(C(C)C)c(=O)c2ccccc12. The van der Waals surface area contributed by atoms with Crippen LogP contribution < -0.4 is 5.56 Å². The summed E-state index contributed by atoms with van der Waals surface area (Å²) in [6.45, 7) is 4.93. The monoisotopic (exact) mass is 337 g/mol. The van der Waals surface area contributed by atoms with Gasteiger partial charge in [0.05, 0.1) is 18.0 Å². The Morgan fingerprint density at radius 3 is 2.42 bits per heavy atom. The molecule has 0 aliphatic heterocycles. The molecule has 0 fully saturated rings. The fraction of sp³-hybridized carbons (Fsp3) is 0.471. The molecule has 7 heteroatoms. The maximum Gasteiger partial charge on any atom is 0.275 e. The van der Waals surface area contributed by atoms with Gasteiger partial charge in [0, 0.05) is 11.9 Å². The van der Waals surface area contributed by atoms with Crippen molar-refractivity contribution < 1.29 is 13.6 Å². The summed E-state index contributed by atoms with van der Waals surface area (Å²) >= 11 is 0. The highest BCUT2D eigenvalue weighted by molar-refractivity contribution is 6.04. The van der Waals surface area contributed by atoms with E-state index in [-0.39, 0.29) is 23.8 Å². The Labute approximate surface area is 138 Å². The van der Waals surface area contributed by atoms with Crippen molar-refractivity contribution in [2.24, 2.45) is 0 Å². The lowest BCUT2D eigenvalue weighted by atomic mass is 10.1. The van der Waals surface area contributed by atoms with Crippen molar-refractivity contribution in [1.29, 1.82) is 0 Å². The number of aromatic nitrogens is 2. The van der Waals surface area contributed by atoms with Gasteiger partial charge in [0.2, 0.25) is 0 Å². The second-order valence-corrected chi connectivity index (χ2v) is 5.88. The van der Waals surface area contributed by atoms with Crippen molar-refractivity contribution in [1.82, 2.24) is 14.7 Å². The Kier molecular flexibility index (Phi) is 5.64. The van der Waals surface area contributed by atoms with Crippen molar-refractivity contribution in [3.8, 4) is 0 Å². The van der Waals surface area contributed by atoms with Crippen LogP contribution in [0, 0.1) is 0 Å². The average Bonchev–Trinajstić information content (AvgIpc) is 2.53. The topological polar surface area (TPSA) is 55.2 Å². The van der Waals surface area contributed by atoms with Gasteiger partial charge in [-0.3, -0.25) is 9.59 Å². The van der Waals surface area contributed by atoms with Crippen molar-refractivity contribution in [3.63, 3.8) is 0 Å². The largest absolute Gasteiger partial charge is 0.332 e. The first-order valence-electron chi connectivity index (χ1n) is 7.95. The Morgan fingerprint density at radius 1 is 1.25 bits per heavy atom. The maximum absolute atomic E-state index is 12.8. The molecule has 1 aromatic heterocycles. The molecule has 2 rings (SSSR count). The maximum atomic E-state index is 12.8. The lowest BCUT2D eigenvalue weighted by molar-refractivity contribution is 0.0549. The molecule has 1 aromatic carbocycles. The molecule has 0 radical (unpaired) electrons. The van der Waals surface area contributed by atoms with Crippen LogP contribution in [-0.2, 0) is 0 Å². The van der Waals surface area contributed by atoms with E-state index in [1.807, 2.05) is 6.92 Å². The van der Waals surface area contributed by atoms with Crippen molar-refractivity contribution in [3.05, 3.63) is 40.3 Å². The summed E-state index contributed by atoms with van der Waals surface area (Å²) < 4.78 is 26.8. The molecule has 1 amide bonds. The Balaban J connectivity index is 2.63. The predicted octanol–water partition coefficient (Wildman–Crippen LogP) is 3.09. The number of carbonyl (C=O) groups is 1. The summed E-state index contributed by atoms with van der Waals surface area (Å²) in [6, 6.07) is 6.38. The molecule has 130 valence electrons. The minimum Gasteiger partial charge on any atom is -0.332 e. The van der Waals surface area contributed by atoms with E-state index in [9.17, 15) is 18.4 Å². The minimum absolute atomic E-state index is 0.0352. The first-order chi connectivity index (χ1) is 11.4. The molecule has 0 saturated carbocycles. The second-order valence-electron chi connectivity index (χ2n) is 5.88. The molecule has 0 saturated heterocycles. The van der Waals surface area contributed by atoms with Crippen LogP contribution in [0.5, 0.6) is 0 Å². The number of hydrogen-bond acceptors (Lipinski definition) is 3. The molecular formula is C17H21F2N3O2. The van der Waals surface area contributed by atoms with E-state index in [1.54, 1.807) is 38.1 Å². The quantitative estimate of drug-likeness (QED) is 0.814. The highest BCUT2D eigenvalue weighted by Gasteiger charge is 2.24. The predicted molar refractivity (Wildman–Crippen MR) is 88.6 cm³/mol. The van der Waals surface area contributed by atoms with Crippen molar-refractivity contribution >= 4 is 16.7 Å². The number of alkyl halides is 2. The lowest BCUT2D eigenvalue weighted by Gasteiger charge is -2.22. The van der Waals surface area contributed by atoms with Crippen LogP contribution in [0.3, 0.4) is 0 Å². The summed E-state index contributed by atoms with van der Waals surface area (Å²) in [4.78, 5) is 26.4. The number of benzene rings is 1. The zero-order valence-corrected chi connectivity index (χ0v) is 14.0. The van der Waals surface area contributed by atoms with E-state index in [0.717, 1.165) is 4.90 Å². The summed E-state index contributed by atoms with van der Waals surface area (Å²) in [6.07, 6.45) is -2.07. The third-order valence-corrected chi connectivity index (χ3v) is 3.66. The zero-order chi connectivity index (χ0) is 17.9. The van der Waals surface area contributed by atoms with Gasteiger partial charge in [-0.25, -0.2) is 13.5 Å². The van der Waals surface area contributed by atoms with Crippen LogP contribution in [0.1, 0.15) is 43.7 Å². The normalized spacial score (nSPS) is 11.5. The smallest absolute Gasteiger partial charge is 0.275 e. The molecular weight excluding hydrogens is 316 g/mol. The highest BCUT2D eigenvalue weighted by Crippen LogP contribution is 2.17. The van der Waals surface area contributed by atoms with Crippen molar-refractivity contribution in [2.75, 3.05) is 13.1 Å². The molecule has 5 nitrogen and oxygen atoms in total. The molecule has 0 spiro atoms. The molecule has 1 heterocycles. The number of halogens is 2. The molecule has 24 heavy (non-hydrogen) atoms. The fourth-order valence-electron chi connectivity index (χ4n) is 2.58. The van der Waals surface area contributed by atoms with Gasteiger partial charge in [0.1, 0.15) is 0 Å². The van der Waals surface area contributed by atoms with Crippen LogP contribution in [0.25, 0.3) is 10.8 Å². The molecule has 0 unspecified atom stereocenters. The fourth-order valence-corrected chi connectivity index (χ4v) is 2.58. The van der Waals surface area contributed by atoms with E-state index >= 15 is 0 Å². The summed E-state index contributed by atoms with van der Waals surface area (Å²) in [5.41, 5.74) is -0.263. The van der Waals surface area contributed by atoms with E-state index in [4.69, 9.17) is 0 Å². The molecule has 0 bridgehead atoms. The zero-order valence-electron chi connectivity index (χ0n) is 14.0. The molecule has 0 aliphatic rings. The van der Waals surface area contributed by atoms with Gasteiger partial charge in [0.25, 0.3) is 17.9 Å². The number of hydrogen-bond donors (Lipinski definition) is 0. The molecule has 0 N–H and O–H groups in total. The van der Waals surface area contributed by atoms with E-state index in [2.05, 4.69) is 5.10 Å². The van der Waals surface area contributed by atoms with E-state index in [1.165, 1.54) is 4.68 Å². The Bertz CT molecular complexity index is 787. The van der Waals surface area contributed by atoms with Crippen LogP contribution in [0.15, 0.2) is 29.1 Å². The number of rotatable bonds is 6. The van der Waals surface area contributed by atoms with Gasteiger partial charge < -0.3 is 4.90 Å². The average molecular weight is 337 g/mol. The Morgan fingerprint density at radius 2 is 1.88 bits per heavy atom.